The quantitative estimate of drug-likeness (QED) is 0.814. The van der Waals surface area contributed by atoms with Crippen LogP contribution in [0.5, 0.6) is 0 Å². The summed E-state index contributed by atoms with van der Waals surface area (Å²) in [5.74, 6) is 1.42. The van der Waals surface area contributed by atoms with Crippen molar-refractivity contribution in [2.45, 2.75) is 47.7 Å². The number of nitrogens with two attached hydrogens (primary N) is 1. The highest BCUT2D eigenvalue weighted by molar-refractivity contribution is 5.31. The summed E-state index contributed by atoms with van der Waals surface area (Å²) in [6.45, 7) is 15.4. The van der Waals surface area contributed by atoms with E-state index in [-0.39, 0.29) is 0 Å². The van der Waals surface area contributed by atoms with Crippen molar-refractivity contribution >= 4 is 0 Å². The van der Waals surface area contributed by atoms with E-state index in [1.165, 1.54) is 16.7 Å². The molecule has 1 aromatic rings. The van der Waals surface area contributed by atoms with Crippen molar-refractivity contribution in [1.29, 1.82) is 0 Å². The van der Waals surface area contributed by atoms with E-state index in [1.807, 2.05) is 0 Å². The Morgan fingerprint density at radius 3 is 2.05 bits per heavy atom. The van der Waals surface area contributed by atoms with Crippen LogP contribution in [-0.2, 0) is 13.1 Å². The van der Waals surface area contributed by atoms with E-state index in [9.17, 15) is 0 Å². The van der Waals surface area contributed by atoms with Gasteiger partial charge in [0.05, 0.1) is 0 Å². The minimum Gasteiger partial charge on any atom is -0.326 e. The van der Waals surface area contributed by atoms with E-state index in [0.717, 1.165) is 19.6 Å². The Morgan fingerprint density at radius 1 is 1.05 bits per heavy atom. The first-order valence-corrected chi connectivity index (χ1v) is 7.43. The number of nitrogens with zero attached hydrogens (tertiary/aromatic N) is 1. The molecular formula is C17H30N2. The van der Waals surface area contributed by atoms with Gasteiger partial charge in [0.2, 0.25) is 0 Å². The molecule has 1 rings (SSSR count). The summed E-state index contributed by atoms with van der Waals surface area (Å²) in [7, 11) is 0. The maximum absolute atomic E-state index is 5.69. The van der Waals surface area contributed by atoms with Crippen molar-refractivity contribution in [3.63, 3.8) is 0 Å². The van der Waals surface area contributed by atoms with E-state index in [2.05, 4.69) is 57.7 Å². The summed E-state index contributed by atoms with van der Waals surface area (Å²) in [6, 6.07) is 6.62. The van der Waals surface area contributed by atoms with Gasteiger partial charge in [0.15, 0.2) is 0 Å². The monoisotopic (exact) mass is 262 g/mol. The summed E-state index contributed by atoms with van der Waals surface area (Å²) in [6.07, 6.45) is 0. The van der Waals surface area contributed by atoms with Gasteiger partial charge in [-0.05, 0) is 35.4 Å². The molecule has 2 nitrogen and oxygen atoms in total. The molecule has 0 amide bonds. The molecule has 2 N–H and O–H groups in total. The van der Waals surface area contributed by atoms with Crippen LogP contribution in [0, 0.1) is 18.8 Å². The molecule has 0 atom stereocenters. The highest BCUT2D eigenvalue weighted by Crippen LogP contribution is 2.15. The molecule has 19 heavy (non-hydrogen) atoms. The first kappa shape index (κ1) is 16.2. The number of hydrogen-bond acceptors (Lipinski definition) is 2. The molecule has 2 heteroatoms. The Kier molecular flexibility index (Phi) is 6.53. The van der Waals surface area contributed by atoms with E-state index in [1.54, 1.807) is 0 Å². The zero-order valence-corrected chi connectivity index (χ0v) is 13.2. The van der Waals surface area contributed by atoms with Crippen LogP contribution in [0.1, 0.15) is 44.4 Å². The normalized spacial score (nSPS) is 11.8. The predicted octanol–water partition coefficient (Wildman–Crippen LogP) is 3.57. The fraction of sp³-hybridized carbons (Fsp3) is 0.647. The van der Waals surface area contributed by atoms with Crippen molar-refractivity contribution in [3.05, 3.63) is 34.9 Å². The summed E-state index contributed by atoms with van der Waals surface area (Å²) in [5.41, 5.74) is 9.70. The zero-order valence-electron chi connectivity index (χ0n) is 13.2. The highest BCUT2D eigenvalue weighted by atomic mass is 15.1. The number of benzene rings is 1. The van der Waals surface area contributed by atoms with E-state index in [4.69, 9.17) is 5.73 Å². The van der Waals surface area contributed by atoms with Crippen molar-refractivity contribution in [2.75, 3.05) is 13.1 Å². The molecule has 0 aliphatic rings. The van der Waals surface area contributed by atoms with Gasteiger partial charge in [0.1, 0.15) is 0 Å². The fourth-order valence-electron chi connectivity index (χ4n) is 2.54. The van der Waals surface area contributed by atoms with Crippen LogP contribution < -0.4 is 5.73 Å². The molecule has 0 spiro atoms. The second-order valence-corrected chi connectivity index (χ2v) is 6.45. The van der Waals surface area contributed by atoms with E-state index >= 15 is 0 Å². The summed E-state index contributed by atoms with van der Waals surface area (Å²) in [4.78, 5) is 2.57. The molecule has 0 aromatic heterocycles. The molecular weight excluding hydrogens is 232 g/mol. The summed E-state index contributed by atoms with van der Waals surface area (Å²) < 4.78 is 0. The smallest absolute Gasteiger partial charge is 0.0236 e. The molecule has 0 heterocycles. The number of rotatable bonds is 7. The third kappa shape index (κ3) is 5.75. The molecule has 0 radical (unpaired) electrons. The van der Waals surface area contributed by atoms with Crippen LogP contribution >= 0.6 is 0 Å². The third-order valence-electron chi connectivity index (χ3n) is 3.28. The number of aryl methyl sites for hydroxylation is 1. The Labute approximate surface area is 119 Å². The van der Waals surface area contributed by atoms with Crippen molar-refractivity contribution in [1.82, 2.24) is 4.90 Å². The fourth-order valence-corrected chi connectivity index (χ4v) is 2.54. The standard InChI is InChI=1S/C17H30N2/c1-13(2)10-19(11-14(3)4)12-17-7-6-16(9-18)8-15(17)5/h6-8,13-14H,9-12,18H2,1-5H3. The van der Waals surface area contributed by atoms with Gasteiger partial charge in [0.25, 0.3) is 0 Å². The summed E-state index contributed by atoms with van der Waals surface area (Å²) >= 11 is 0. The Morgan fingerprint density at radius 2 is 1.63 bits per heavy atom. The average Bonchev–Trinajstić information content (AvgIpc) is 2.30. The molecule has 0 saturated carbocycles. The zero-order chi connectivity index (χ0) is 14.4. The lowest BCUT2D eigenvalue weighted by Crippen LogP contribution is -2.31. The Hall–Kier alpha value is -0.860. The molecule has 0 unspecified atom stereocenters. The van der Waals surface area contributed by atoms with E-state index in [0.29, 0.717) is 18.4 Å². The first-order chi connectivity index (χ1) is 8.92. The molecule has 0 fully saturated rings. The van der Waals surface area contributed by atoms with Gasteiger partial charge in [0, 0.05) is 26.2 Å². The van der Waals surface area contributed by atoms with Crippen molar-refractivity contribution in [3.8, 4) is 0 Å². The van der Waals surface area contributed by atoms with Crippen LogP contribution in [0.4, 0.5) is 0 Å². The molecule has 0 aliphatic carbocycles. The van der Waals surface area contributed by atoms with Gasteiger partial charge in [-0.25, -0.2) is 0 Å². The van der Waals surface area contributed by atoms with Crippen LogP contribution in [0.15, 0.2) is 18.2 Å². The lowest BCUT2D eigenvalue weighted by atomic mass is 10.0. The predicted molar refractivity (Wildman–Crippen MR) is 84.0 cm³/mol. The van der Waals surface area contributed by atoms with Gasteiger partial charge in [-0.2, -0.15) is 0 Å². The van der Waals surface area contributed by atoms with Crippen LogP contribution in [0.3, 0.4) is 0 Å². The highest BCUT2D eigenvalue weighted by Gasteiger charge is 2.11. The van der Waals surface area contributed by atoms with Crippen molar-refractivity contribution < 1.29 is 0 Å². The van der Waals surface area contributed by atoms with Crippen LogP contribution in [0.25, 0.3) is 0 Å². The first-order valence-electron chi connectivity index (χ1n) is 7.43. The van der Waals surface area contributed by atoms with Gasteiger partial charge in [-0.15, -0.1) is 0 Å². The second kappa shape index (κ2) is 7.66. The SMILES string of the molecule is Cc1cc(CN)ccc1CN(CC(C)C)CC(C)C. The second-order valence-electron chi connectivity index (χ2n) is 6.45. The van der Waals surface area contributed by atoms with Crippen LogP contribution in [-0.4, -0.2) is 18.0 Å². The van der Waals surface area contributed by atoms with Gasteiger partial charge < -0.3 is 5.73 Å². The van der Waals surface area contributed by atoms with Gasteiger partial charge in [-0.1, -0.05) is 45.9 Å². The van der Waals surface area contributed by atoms with Gasteiger partial charge >= 0.3 is 0 Å². The summed E-state index contributed by atoms with van der Waals surface area (Å²) in [5, 5.41) is 0. The van der Waals surface area contributed by atoms with Crippen LogP contribution in [0.2, 0.25) is 0 Å². The minimum atomic E-state index is 0.628. The molecule has 1 aromatic carbocycles. The minimum absolute atomic E-state index is 0.628. The average molecular weight is 262 g/mol. The molecule has 0 saturated heterocycles. The lowest BCUT2D eigenvalue weighted by Gasteiger charge is -2.27. The third-order valence-corrected chi connectivity index (χ3v) is 3.28. The number of hydrogen-bond donors (Lipinski definition) is 1. The molecule has 0 aliphatic heterocycles. The Balaban J connectivity index is 2.77. The maximum Gasteiger partial charge on any atom is 0.0236 e. The topological polar surface area (TPSA) is 29.3 Å². The Bertz CT molecular complexity index is 373. The lowest BCUT2D eigenvalue weighted by molar-refractivity contribution is 0.211. The molecule has 108 valence electrons. The molecule has 0 bridgehead atoms. The van der Waals surface area contributed by atoms with Crippen molar-refractivity contribution in [2.24, 2.45) is 17.6 Å². The maximum atomic E-state index is 5.69. The van der Waals surface area contributed by atoms with E-state index < -0.39 is 0 Å². The van der Waals surface area contributed by atoms with Gasteiger partial charge in [-0.3, -0.25) is 4.90 Å². The largest absolute Gasteiger partial charge is 0.326 e.